The summed E-state index contributed by atoms with van der Waals surface area (Å²) in [4.78, 5) is 30.7. The van der Waals surface area contributed by atoms with Gasteiger partial charge >= 0.3 is 5.97 Å². The van der Waals surface area contributed by atoms with Gasteiger partial charge in [0.2, 0.25) is 0 Å². The smallest absolute Gasteiger partial charge is 0.326 e. The van der Waals surface area contributed by atoms with E-state index in [0.717, 1.165) is 0 Å². The molecule has 1 amide bonds. The lowest BCUT2D eigenvalue weighted by Gasteiger charge is -2.19. The first-order chi connectivity index (χ1) is 8.45. The molecule has 0 saturated heterocycles. The summed E-state index contributed by atoms with van der Waals surface area (Å²) in [5.74, 6) is -1.67. The Kier molecular flexibility index (Phi) is 4.76. The molecular weight excluding hydrogens is 234 g/mol. The third-order valence-electron chi connectivity index (χ3n) is 2.80. The maximum atomic E-state index is 11.9. The fourth-order valence-corrected chi connectivity index (χ4v) is 1.48. The van der Waals surface area contributed by atoms with E-state index < -0.39 is 17.9 Å². The predicted molar refractivity (Wildman–Crippen MR) is 65.1 cm³/mol. The van der Waals surface area contributed by atoms with Crippen LogP contribution in [0.3, 0.4) is 0 Å². The van der Waals surface area contributed by atoms with E-state index in [4.69, 9.17) is 5.11 Å². The van der Waals surface area contributed by atoms with Crippen molar-refractivity contribution in [2.24, 2.45) is 5.92 Å². The molecule has 0 unspecified atom stereocenters. The Morgan fingerprint density at radius 3 is 2.61 bits per heavy atom. The number of rotatable bonds is 5. The van der Waals surface area contributed by atoms with Crippen molar-refractivity contribution < 1.29 is 14.7 Å². The second-order valence-corrected chi connectivity index (χ2v) is 4.22. The first kappa shape index (κ1) is 14.1. The Morgan fingerprint density at radius 1 is 1.44 bits per heavy atom. The molecule has 18 heavy (non-hydrogen) atoms. The molecule has 0 fully saturated rings. The van der Waals surface area contributed by atoms with Crippen LogP contribution in [0.25, 0.3) is 0 Å². The maximum Gasteiger partial charge on any atom is 0.326 e. The maximum absolute atomic E-state index is 11.9. The first-order valence-electron chi connectivity index (χ1n) is 5.78. The molecule has 6 nitrogen and oxygen atoms in total. The molecule has 1 rings (SSSR count). The van der Waals surface area contributed by atoms with Gasteiger partial charge in [-0.1, -0.05) is 20.3 Å². The highest BCUT2D eigenvalue weighted by molar-refractivity contribution is 5.95. The minimum atomic E-state index is -1.04. The van der Waals surface area contributed by atoms with Crippen LogP contribution in [-0.4, -0.2) is 33.0 Å². The van der Waals surface area contributed by atoms with E-state index in [1.54, 1.807) is 13.8 Å². The molecule has 0 bridgehead atoms. The second-order valence-electron chi connectivity index (χ2n) is 4.22. The van der Waals surface area contributed by atoms with Gasteiger partial charge in [0.15, 0.2) is 0 Å². The van der Waals surface area contributed by atoms with Gasteiger partial charge < -0.3 is 10.4 Å². The van der Waals surface area contributed by atoms with Crippen LogP contribution < -0.4 is 5.32 Å². The molecule has 1 heterocycles. The fourth-order valence-electron chi connectivity index (χ4n) is 1.48. The topological polar surface area (TPSA) is 92.2 Å². The quantitative estimate of drug-likeness (QED) is 0.815. The van der Waals surface area contributed by atoms with Crippen LogP contribution in [0.15, 0.2) is 12.4 Å². The lowest BCUT2D eigenvalue weighted by molar-refractivity contribution is -0.140. The number of aryl methyl sites for hydroxylation is 1. The van der Waals surface area contributed by atoms with Gasteiger partial charge in [-0.05, 0) is 18.9 Å². The van der Waals surface area contributed by atoms with E-state index >= 15 is 0 Å². The van der Waals surface area contributed by atoms with Crippen molar-refractivity contribution in [3.63, 3.8) is 0 Å². The molecule has 0 aromatic carbocycles. The number of aromatic nitrogens is 2. The van der Waals surface area contributed by atoms with Gasteiger partial charge in [0, 0.05) is 5.69 Å². The van der Waals surface area contributed by atoms with Crippen LogP contribution in [-0.2, 0) is 4.79 Å². The van der Waals surface area contributed by atoms with E-state index in [1.165, 1.54) is 12.4 Å². The standard InChI is InChI=1S/C12H17N3O3/c1-4-7(2)10(12(17)18)15-11(16)9-5-8(3)13-6-14-9/h5-7,10H,4H2,1-3H3,(H,15,16)(H,17,18)/t7-,10-/m0/s1. The van der Waals surface area contributed by atoms with Crippen LogP contribution in [0.5, 0.6) is 0 Å². The number of carbonyl (C=O) groups excluding carboxylic acids is 1. The van der Waals surface area contributed by atoms with Crippen molar-refractivity contribution >= 4 is 11.9 Å². The number of amides is 1. The van der Waals surface area contributed by atoms with Crippen LogP contribution in [0, 0.1) is 12.8 Å². The first-order valence-corrected chi connectivity index (χ1v) is 5.78. The number of carboxylic acid groups (broad SMARTS) is 1. The average Bonchev–Trinajstić information content (AvgIpc) is 2.34. The summed E-state index contributed by atoms with van der Waals surface area (Å²) in [7, 11) is 0. The van der Waals surface area contributed by atoms with Crippen LogP contribution in [0.4, 0.5) is 0 Å². The molecule has 98 valence electrons. The zero-order valence-electron chi connectivity index (χ0n) is 10.7. The van der Waals surface area contributed by atoms with Crippen molar-refractivity contribution in [1.29, 1.82) is 0 Å². The van der Waals surface area contributed by atoms with Gasteiger partial charge in [-0.2, -0.15) is 0 Å². The van der Waals surface area contributed by atoms with Gasteiger partial charge in [0.05, 0.1) is 0 Å². The van der Waals surface area contributed by atoms with Gasteiger partial charge in [-0.25, -0.2) is 14.8 Å². The molecule has 2 atom stereocenters. The zero-order valence-corrected chi connectivity index (χ0v) is 10.7. The number of hydrogen-bond donors (Lipinski definition) is 2. The number of carboxylic acids is 1. The number of nitrogens with zero attached hydrogens (tertiary/aromatic N) is 2. The number of hydrogen-bond acceptors (Lipinski definition) is 4. The van der Waals surface area contributed by atoms with Gasteiger partial charge in [0.1, 0.15) is 18.1 Å². The minimum absolute atomic E-state index is 0.144. The van der Waals surface area contributed by atoms with E-state index in [-0.39, 0.29) is 11.6 Å². The van der Waals surface area contributed by atoms with Gasteiger partial charge in [-0.3, -0.25) is 4.79 Å². The van der Waals surface area contributed by atoms with Crippen LogP contribution in [0.1, 0.15) is 36.5 Å². The largest absolute Gasteiger partial charge is 0.480 e. The molecule has 0 radical (unpaired) electrons. The molecule has 0 aliphatic carbocycles. The molecule has 6 heteroatoms. The summed E-state index contributed by atoms with van der Waals surface area (Å²) in [6.45, 7) is 5.40. The summed E-state index contributed by atoms with van der Waals surface area (Å²) in [5, 5.41) is 11.6. The Bertz CT molecular complexity index is 448. The van der Waals surface area contributed by atoms with Gasteiger partial charge in [0.25, 0.3) is 5.91 Å². The fraction of sp³-hybridized carbons (Fsp3) is 0.500. The third-order valence-corrected chi connectivity index (χ3v) is 2.80. The van der Waals surface area contributed by atoms with Crippen molar-refractivity contribution in [3.8, 4) is 0 Å². The Hall–Kier alpha value is -1.98. The van der Waals surface area contributed by atoms with Crippen molar-refractivity contribution in [2.75, 3.05) is 0 Å². The summed E-state index contributed by atoms with van der Waals surface area (Å²) in [6.07, 6.45) is 1.95. The highest BCUT2D eigenvalue weighted by atomic mass is 16.4. The van der Waals surface area contributed by atoms with E-state index in [9.17, 15) is 9.59 Å². The molecule has 0 aliphatic rings. The van der Waals surface area contributed by atoms with Crippen LogP contribution in [0.2, 0.25) is 0 Å². The second kappa shape index (κ2) is 6.09. The Balaban J connectivity index is 2.82. The summed E-state index contributed by atoms with van der Waals surface area (Å²) in [5.41, 5.74) is 0.836. The molecular formula is C12H17N3O3. The minimum Gasteiger partial charge on any atom is -0.480 e. The lowest BCUT2D eigenvalue weighted by atomic mass is 9.99. The number of carbonyl (C=O) groups is 2. The molecule has 1 aromatic rings. The highest BCUT2D eigenvalue weighted by Crippen LogP contribution is 2.09. The van der Waals surface area contributed by atoms with Crippen molar-refractivity contribution in [1.82, 2.24) is 15.3 Å². The van der Waals surface area contributed by atoms with Gasteiger partial charge in [-0.15, -0.1) is 0 Å². The number of nitrogens with one attached hydrogen (secondary N) is 1. The van der Waals surface area contributed by atoms with E-state index in [2.05, 4.69) is 15.3 Å². The molecule has 1 aromatic heterocycles. The normalized spacial score (nSPS) is 13.7. The summed E-state index contributed by atoms with van der Waals surface area (Å²) in [6, 6.07) is 0.614. The Morgan fingerprint density at radius 2 is 2.11 bits per heavy atom. The summed E-state index contributed by atoms with van der Waals surface area (Å²) < 4.78 is 0. The van der Waals surface area contributed by atoms with Crippen molar-refractivity contribution in [3.05, 3.63) is 23.8 Å². The monoisotopic (exact) mass is 251 g/mol. The molecule has 0 spiro atoms. The third kappa shape index (κ3) is 3.51. The van der Waals surface area contributed by atoms with E-state index in [0.29, 0.717) is 12.1 Å². The number of aliphatic carboxylic acids is 1. The molecule has 2 N–H and O–H groups in total. The predicted octanol–water partition coefficient (Wildman–Crippen LogP) is 1.01. The molecule has 0 saturated carbocycles. The average molecular weight is 251 g/mol. The lowest BCUT2D eigenvalue weighted by Crippen LogP contribution is -2.45. The Labute approximate surface area is 105 Å². The molecule has 0 aliphatic heterocycles. The highest BCUT2D eigenvalue weighted by Gasteiger charge is 2.26. The zero-order chi connectivity index (χ0) is 13.7. The van der Waals surface area contributed by atoms with Crippen molar-refractivity contribution in [2.45, 2.75) is 33.2 Å². The summed E-state index contributed by atoms with van der Waals surface area (Å²) >= 11 is 0. The van der Waals surface area contributed by atoms with E-state index in [1.807, 2.05) is 6.92 Å². The van der Waals surface area contributed by atoms with Crippen LogP contribution >= 0.6 is 0 Å². The SMILES string of the molecule is CC[C@H](C)[C@H](NC(=O)c1cc(C)ncn1)C(=O)O.